The average Bonchev–Trinajstić information content (AvgIpc) is 2.45. The van der Waals surface area contributed by atoms with Crippen LogP contribution in [0.1, 0.15) is 12.0 Å². The molecule has 0 saturated heterocycles. The number of rotatable bonds is 8. The maximum absolute atomic E-state index is 11.8. The molecule has 1 rings (SSSR count). The molecule has 1 amide bonds. The van der Waals surface area contributed by atoms with Gasteiger partial charge in [-0.15, -0.1) is 0 Å². The molecule has 0 spiro atoms. The van der Waals surface area contributed by atoms with Crippen molar-refractivity contribution >= 4 is 12.1 Å². The van der Waals surface area contributed by atoms with Crippen LogP contribution in [0, 0.1) is 0 Å². The Bertz CT molecular complexity index is 466. The molecule has 0 heterocycles. The van der Waals surface area contributed by atoms with Crippen molar-refractivity contribution in [1.29, 1.82) is 0 Å². The van der Waals surface area contributed by atoms with E-state index < -0.39 is 17.6 Å². The molecule has 1 aromatic carbocycles. The first-order valence-corrected chi connectivity index (χ1v) is 6.41. The van der Waals surface area contributed by atoms with Gasteiger partial charge in [-0.1, -0.05) is 30.3 Å². The van der Waals surface area contributed by atoms with Gasteiger partial charge in [0.2, 0.25) is 0 Å². The van der Waals surface area contributed by atoms with Gasteiger partial charge in [0.25, 0.3) is 0 Å². The molecule has 7 heteroatoms. The molecular weight excluding hydrogens is 276 g/mol. The maximum Gasteiger partial charge on any atom is 0.408 e. The van der Waals surface area contributed by atoms with Gasteiger partial charge in [0, 0.05) is 13.7 Å². The lowest BCUT2D eigenvalue weighted by Crippen LogP contribution is -2.58. The number of hydrogen-bond donors (Lipinski definition) is 3. The summed E-state index contributed by atoms with van der Waals surface area (Å²) < 4.78 is 10.0. The van der Waals surface area contributed by atoms with E-state index >= 15 is 0 Å². The standard InChI is InChI=1S/C14H20N2O5/c1-20-10-14(9-15,7-12(17)18)16-13(19)21-8-11-5-3-2-4-6-11/h2-6H,7-10,15H2,1H3,(H,16,19)(H,17,18). The minimum Gasteiger partial charge on any atom is -0.481 e. The molecule has 0 fully saturated rings. The van der Waals surface area contributed by atoms with Gasteiger partial charge < -0.3 is 25.6 Å². The third kappa shape index (κ3) is 5.80. The molecule has 7 nitrogen and oxygen atoms in total. The van der Waals surface area contributed by atoms with Crippen LogP contribution < -0.4 is 11.1 Å². The molecule has 21 heavy (non-hydrogen) atoms. The molecule has 4 N–H and O–H groups in total. The summed E-state index contributed by atoms with van der Waals surface area (Å²) in [5, 5.41) is 11.4. The summed E-state index contributed by atoms with van der Waals surface area (Å²) in [6, 6.07) is 9.15. The Balaban J connectivity index is 2.60. The fourth-order valence-electron chi connectivity index (χ4n) is 1.85. The van der Waals surface area contributed by atoms with Crippen LogP contribution in [-0.2, 0) is 20.9 Å². The number of hydrogen-bond acceptors (Lipinski definition) is 5. The first-order valence-electron chi connectivity index (χ1n) is 6.41. The number of benzene rings is 1. The normalized spacial score (nSPS) is 13.2. The SMILES string of the molecule is COCC(CN)(CC(=O)O)NC(=O)OCc1ccccc1. The van der Waals surface area contributed by atoms with Gasteiger partial charge >= 0.3 is 12.1 Å². The molecule has 0 aliphatic rings. The quantitative estimate of drug-likeness (QED) is 0.652. The van der Waals surface area contributed by atoms with Crippen molar-refractivity contribution in [3.63, 3.8) is 0 Å². The van der Waals surface area contributed by atoms with Gasteiger partial charge in [-0.05, 0) is 5.56 Å². The zero-order chi connectivity index (χ0) is 15.7. The summed E-state index contributed by atoms with van der Waals surface area (Å²) in [6.07, 6.45) is -1.08. The predicted octanol–water partition coefficient (Wildman–Crippen LogP) is 0.731. The highest BCUT2D eigenvalue weighted by atomic mass is 16.5. The number of ether oxygens (including phenoxy) is 2. The molecule has 0 aromatic heterocycles. The second-order valence-electron chi connectivity index (χ2n) is 4.67. The fourth-order valence-corrected chi connectivity index (χ4v) is 1.85. The highest BCUT2D eigenvalue weighted by molar-refractivity contribution is 5.72. The molecule has 0 radical (unpaired) electrons. The lowest BCUT2D eigenvalue weighted by Gasteiger charge is -2.30. The Morgan fingerprint density at radius 3 is 2.52 bits per heavy atom. The van der Waals surface area contributed by atoms with Crippen molar-refractivity contribution in [2.24, 2.45) is 5.73 Å². The number of carboxylic acids is 1. The summed E-state index contributed by atoms with van der Waals surface area (Å²) in [4.78, 5) is 22.7. The van der Waals surface area contributed by atoms with E-state index in [0.29, 0.717) is 0 Å². The third-order valence-electron chi connectivity index (χ3n) is 2.88. The Morgan fingerprint density at radius 2 is 2.00 bits per heavy atom. The highest BCUT2D eigenvalue weighted by Crippen LogP contribution is 2.11. The lowest BCUT2D eigenvalue weighted by atomic mass is 9.96. The number of carboxylic acid groups (broad SMARTS) is 1. The smallest absolute Gasteiger partial charge is 0.408 e. The molecule has 0 aliphatic heterocycles. The van der Waals surface area contributed by atoms with Crippen LogP contribution in [0.15, 0.2) is 30.3 Å². The van der Waals surface area contributed by atoms with Gasteiger partial charge in [-0.3, -0.25) is 4.79 Å². The Hall–Kier alpha value is -2.12. The summed E-state index contributed by atoms with van der Waals surface area (Å²) in [5.74, 6) is -1.08. The second-order valence-corrected chi connectivity index (χ2v) is 4.67. The minimum atomic E-state index is -1.19. The van der Waals surface area contributed by atoms with Crippen LogP contribution in [-0.4, -0.2) is 43.0 Å². The summed E-state index contributed by atoms with van der Waals surface area (Å²) in [5.41, 5.74) is 5.23. The Kier molecular flexibility index (Phi) is 6.64. The Labute approximate surface area is 123 Å². The first kappa shape index (κ1) is 16.9. The molecule has 1 aromatic rings. The van der Waals surface area contributed by atoms with E-state index in [9.17, 15) is 9.59 Å². The number of nitrogens with one attached hydrogen (secondary N) is 1. The van der Waals surface area contributed by atoms with E-state index in [1.54, 1.807) is 0 Å². The zero-order valence-corrected chi connectivity index (χ0v) is 11.9. The van der Waals surface area contributed by atoms with Crippen LogP contribution in [0.2, 0.25) is 0 Å². The lowest BCUT2D eigenvalue weighted by molar-refractivity contribution is -0.139. The van der Waals surface area contributed by atoms with Crippen molar-refractivity contribution < 1.29 is 24.2 Å². The molecule has 0 bridgehead atoms. The van der Waals surface area contributed by atoms with Crippen molar-refractivity contribution in [2.45, 2.75) is 18.6 Å². The number of amides is 1. The van der Waals surface area contributed by atoms with E-state index in [0.717, 1.165) is 5.56 Å². The van der Waals surface area contributed by atoms with Crippen LogP contribution in [0.3, 0.4) is 0 Å². The van der Waals surface area contributed by atoms with Gasteiger partial charge in [0.15, 0.2) is 0 Å². The third-order valence-corrected chi connectivity index (χ3v) is 2.88. The highest BCUT2D eigenvalue weighted by Gasteiger charge is 2.34. The van der Waals surface area contributed by atoms with E-state index in [2.05, 4.69) is 5.32 Å². The zero-order valence-electron chi connectivity index (χ0n) is 11.9. The maximum atomic E-state index is 11.8. The van der Waals surface area contributed by atoms with Crippen molar-refractivity contribution in [3.8, 4) is 0 Å². The van der Waals surface area contributed by atoms with Gasteiger partial charge in [0.1, 0.15) is 6.61 Å². The van der Waals surface area contributed by atoms with Gasteiger partial charge in [-0.2, -0.15) is 0 Å². The Morgan fingerprint density at radius 1 is 1.33 bits per heavy atom. The van der Waals surface area contributed by atoms with Crippen molar-refractivity contribution in [3.05, 3.63) is 35.9 Å². The first-order chi connectivity index (χ1) is 10.0. The molecular formula is C14H20N2O5. The number of carbonyl (C=O) groups excluding carboxylic acids is 1. The number of carbonyl (C=O) groups is 2. The number of alkyl carbamates (subject to hydrolysis) is 1. The average molecular weight is 296 g/mol. The summed E-state index contributed by atoms with van der Waals surface area (Å²) in [7, 11) is 1.41. The van der Waals surface area contributed by atoms with E-state index in [-0.39, 0.29) is 26.2 Å². The number of methoxy groups -OCH3 is 1. The van der Waals surface area contributed by atoms with Gasteiger partial charge in [0.05, 0.1) is 18.6 Å². The molecule has 1 atom stereocenters. The van der Waals surface area contributed by atoms with Crippen molar-refractivity contribution in [2.75, 3.05) is 20.3 Å². The molecule has 0 saturated carbocycles. The number of aliphatic carboxylic acids is 1. The molecule has 116 valence electrons. The second kappa shape index (κ2) is 8.23. The fraction of sp³-hybridized carbons (Fsp3) is 0.429. The summed E-state index contributed by atoms with van der Waals surface area (Å²) in [6.45, 7) is -0.00279. The monoisotopic (exact) mass is 296 g/mol. The van der Waals surface area contributed by atoms with Crippen LogP contribution in [0.25, 0.3) is 0 Å². The van der Waals surface area contributed by atoms with Crippen LogP contribution >= 0.6 is 0 Å². The topological polar surface area (TPSA) is 111 Å². The largest absolute Gasteiger partial charge is 0.481 e. The number of nitrogens with two attached hydrogens (primary N) is 1. The van der Waals surface area contributed by atoms with E-state index in [1.165, 1.54) is 7.11 Å². The minimum absolute atomic E-state index is 0.0176. The van der Waals surface area contributed by atoms with Crippen LogP contribution in [0.5, 0.6) is 0 Å². The van der Waals surface area contributed by atoms with E-state index in [1.807, 2.05) is 30.3 Å². The van der Waals surface area contributed by atoms with Crippen molar-refractivity contribution in [1.82, 2.24) is 5.32 Å². The van der Waals surface area contributed by atoms with Gasteiger partial charge in [-0.25, -0.2) is 4.79 Å². The molecule has 0 aliphatic carbocycles. The van der Waals surface area contributed by atoms with Crippen LogP contribution in [0.4, 0.5) is 4.79 Å². The predicted molar refractivity (Wildman–Crippen MR) is 75.7 cm³/mol. The molecule has 1 unspecified atom stereocenters. The van der Waals surface area contributed by atoms with E-state index in [4.69, 9.17) is 20.3 Å². The summed E-state index contributed by atoms with van der Waals surface area (Å²) >= 11 is 0.